The van der Waals surface area contributed by atoms with Gasteiger partial charge in [0.05, 0.1) is 6.61 Å². The Morgan fingerprint density at radius 2 is 1.95 bits per heavy atom. The van der Waals surface area contributed by atoms with Gasteiger partial charge in [-0.05, 0) is 56.2 Å². The van der Waals surface area contributed by atoms with Crippen LogP contribution in [0, 0.1) is 6.92 Å². The van der Waals surface area contributed by atoms with Gasteiger partial charge in [-0.15, -0.1) is 0 Å². The summed E-state index contributed by atoms with van der Waals surface area (Å²) in [5, 5.41) is 3.54. The quantitative estimate of drug-likeness (QED) is 0.753. The third-order valence-corrected chi connectivity index (χ3v) is 3.78. The minimum atomic E-state index is 0.134. The normalized spacial score (nSPS) is 15.4. The molecule has 0 heterocycles. The summed E-state index contributed by atoms with van der Waals surface area (Å²) >= 11 is 0. The summed E-state index contributed by atoms with van der Waals surface area (Å²) in [7, 11) is 0. The number of nitrogens with one attached hydrogen (secondary N) is 1. The lowest BCUT2D eigenvalue weighted by molar-refractivity contribution is 0.298. The smallest absolute Gasteiger partial charge is 0.123 e. The van der Waals surface area contributed by atoms with Gasteiger partial charge in [0, 0.05) is 6.04 Å². The molecule has 20 heavy (non-hydrogen) atoms. The van der Waals surface area contributed by atoms with E-state index < -0.39 is 0 Å². The summed E-state index contributed by atoms with van der Waals surface area (Å²) in [5.41, 5.74) is 2.75. The molecule has 0 atom stereocenters. The number of unbranched alkanes of at least 4 members (excludes halogenated alkanes) is 1. The molecule has 0 aliphatic heterocycles. The van der Waals surface area contributed by atoms with Gasteiger partial charge >= 0.3 is 0 Å². The van der Waals surface area contributed by atoms with Crippen LogP contribution in [0.2, 0.25) is 0 Å². The van der Waals surface area contributed by atoms with Gasteiger partial charge in [-0.25, -0.2) is 0 Å². The van der Waals surface area contributed by atoms with E-state index >= 15 is 0 Å². The second kappa shape index (κ2) is 6.62. The Hall–Kier alpha value is -1.02. The summed E-state index contributed by atoms with van der Waals surface area (Å²) in [6.07, 6.45) is 5.06. The van der Waals surface area contributed by atoms with Crippen LogP contribution in [0.1, 0.15) is 57.6 Å². The molecule has 1 saturated carbocycles. The molecule has 1 aliphatic rings. The highest BCUT2D eigenvalue weighted by atomic mass is 16.5. The van der Waals surface area contributed by atoms with E-state index in [1.807, 2.05) is 0 Å². The van der Waals surface area contributed by atoms with Crippen molar-refractivity contribution in [2.24, 2.45) is 0 Å². The van der Waals surface area contributed by atoms with Crippen LogP contribution in [0.4, 0.5) is 0 Å². The van der Waals surface area contributed by atoms with Crippen LogP contribution in [-0.2, 0) is 5.41 Å². The second-order valence-corrected chi connectivity index (χ2v) is 7.03. The molecule has 2 heteroatoms. The average molecular weight is 275 g/mol. The van der Waals surface area contributed by atoms with Crippen LogP contribution in [0.3, 0.4) is 0 Å². The van der Waals surface area contributed by atoms with Crippen molar-refractivity contribution < 1.29 is 4.74 Å². The molecule has 1 aromatic rings. The highest BCUT2D eigenvalue weighted by molar-refractivity contribution is 5.41. The van der Waals surface area contributed by atoms with Crippen molar-refractivity contribution in [2.75, 3.05) is 13.2 Å². The van der Waals surface area contributed by atoms with Crippen molar-refractivity contribution in [3.05, 3.63) is 29.3 Å². The number of rotatable bonds is 7. The van der Waals surface area contributed by atoms with Gasteiger partial charge in [0.15, 0.2) is 0 Å². The van der Waals surface area contributed by atoms with E-state index in [-0.39, 0.29) is 5.41 Å². The van der Waals surface area contributed by atoms with Gasteiger partial charge in [0.25, 0.3) is 0 Å². The van der Waals surface area contributed by atoms with Crippen LogP contribution in [0.5, 0.6) is 5.75 Å². The fourth-order valence-electron chi connectivity index (χ4n) is 2.36. The maximum Gasteiger partial charge on any atom is 0.123 e. The molecule has 0 unspecified atom stereocenters. The zero-order valence-electron chi connectivity index (χ0n) is 13.5. The third-order valence-electron chi connectivity index (χ3n) is 3.78. The molecule has 1 fully saturated rings. The molecule has 112 valence electrons. The molecule has 1 aliphatic carbocycles. The molecule has 2 rings (SSSR count). The molecule has 1 N–H and O–H groups in total. The predicted molar refractivity (Wildman–Crippen MR) is 85.6 cm³/mol. The number of aryl methyl sites for hydroxylation is 1. The van der Waals surface area contributed by atoms with E-state index in [1.165, 1.54) is 30.4 Å². The van der Waals surface area contributed by atoms with E-state index in [0.29, 0.717) is 0 Å². The van der Waals surface area contributed by atoms with E-state index in [0.717, 1.165) is 31.4 Å². The molecular formula is C18H29NO. The van der Waals surface area contributed by atoms with Gasteiger partial charge < -0.3 is 10.1 Å². The maximum absolute atomic E-state index is 6.01. The first-order valence-electron chi connectivity index (χ1n) is 7.94. The predicted octanol–water partition coefficient (Wildman–Crippen LogP) is 4.20. The number of hydrogen-bond acceptors (Lipinski definition) is 2. The van der Waals surface area contributed by atoms with Crippen LogP contribution < -0.4 is 10.1 Å². The first-order chi connectivity index (χ1) is 9.47. The SMILES string of the molecule is Cc1ccc(OCCCCNC2CC2)c(C(C)(C)C)c1. The van der Waals surface area contributed by atoms with Crippen LogP contribution in [-0.4, -0.2) is 19.2 Å². The van der Waals surface area contributed by atoms with Gasteiger partial charge in [0.2, 0.25) is 0 Å². The Morgan fingerprint density at radius 1 is 1.20 bits per heavy atom. The van der Waals surface area contributed by atoms with Gasteiger partial charge in [-0.2, -0.15) is 0 Å². The van der Waals surface area contributed by atoms with Crippen molar-refractivity contribution in [2.45, 2.75) is 64.8 Å². The van der Waals surface area contributed by atoms with Gasteiger partial charge in [0.1, 0.15) is 5.75 Å². The monoisotopic (exact) mass is 275 g/mol. The van der Waals surface area contributed by atoms with Gasteiger partial charge in [-0.3, -0.25) is 0 Å². The van der Waals surface area contributed by atoms with Crippen molar-refractivity contribution in [3.8, 4) is 5.75 Å². The molecule has 0 saturated heterocycles. The highest BCUT2D eigenvalue weighted by Gasteiger charge is 2.20. The Bertz CT molecular complexity index is 430. The fraction of sp³-hybridized carbons (Fsp3) is 0.667. The lowest BCUT2D eigenvalue weighted by atomic mass is 9.85. The van der Waals surface area contributed by atoms with Crippen molar-refractivity contribution in [1.82, 2.24) is 5.32 Å². The summed E-state index contributed by atoms with van der Waals surface area (Å²) in [6.45, 7) is 10.8. The summed E-state index contributed by atoms with van der Waals surface area (Å²) in [5.74, 6) is 1.05. The fourth-order valence-corrected chi connectivity index (χ4v) is 2.36. The third kappa shape index (κ3) is 4.82. The molecule has 2 nitrogen and oxygen atoms in total. The zero-order valence-corrected chi connectivity index (χ0v) is 13.5. The largest absolute Gasteiger partial charge is 0.493 e. The Balaban J connectivity index is 1.79. The molecule has 0 aromatic heterocycles. The summed E-state index contributed by atoms with van der Waals surface area (Å²) < 4.78 is 6.01. The minimum absolute atomic E-state index is 0.134. The molecular weight excluding hydrogens is 246 g/mol. The Labute approximate surface area is 123 Å². The van der Waals surface area contributed by atoms with E-state index in [4.69, 9.17) is 4.74 Å². The van der Waals surface area contributed by atoms with E-state index in [2.05, 4.69) is 51.2 Å². The first kappa shape index (κ1) is 15.4. The van der Waals surface area contributed by atoms with Crippen LogP contribution >= 0.6 is 0 Å². The van der Waals surface area contributed by atoms with Crippen molar-refractivity contribution in [3.63, 3.8) is 0 Å². The standard InChI is InChI=1S/C18H29NO/c1-14-7-10-17(16(13-14)18(2,3)4)20-12-6-5-11-19-15-8-9-15/h7,10,13,15,19H,5-6,8-9,11-12H2,1-4H3. The zero-order chi connectivity index (χ0) is 14.6. The maximum atomic E-state index is 6.01. The molecule has 0 radical (unpaired) electrons. The van der Waals surface area contributed by atoms with E-state index in [9.17, 15) is 0 Å². The van der Waals surface area contributed by atoms with Crippen LogP contribution in [0.25, 0.3) is 0 Å². The first-order valence-corrected chi connectivity index (χ1v) is 7.94. The van der Waals surface area contributed by atoms with E-state index in [1.54, 1.807) is 0 Å². The Morgan fingerprint density at radius 3 is 2.60 bits per heavy atom. The molecule has 0 bridgehead atoms. The average Bonchev–Trinajstić information content (AvgIpc) is 3.18. The minimum Gasteiger partial charge on any atom is -0.493 e. The highest BCUT2D eigenvalue weighted by Crippen LogP contribution is 2.32. The number of hydrogen-bond donors (Lipinski definition) is 1. The molecule has 1 aromatic carbocycles. The molecule has 0 spiro atoms. The summed E-state index contributed by atoms with van der Waals surface area (Å²) in [4.78, 5) is 0. The number of benzene rings is 1. The second-order valence-electron chi connectivity index (χ2n) is 7.03. The van der Waals surface area contributed by atoms with Crippen molar-refractivity contribution >= 4 is 0 Å². The van der Waals surface area contributed by atoms with Crippen LogP contribution in [0.15, 0.2) is 18.2 Å². The lowest BCUT2D eigenvalue weighted by Gasteiger charge is -2.23. The van der Waals surface area contributed by atoms with Crippen molar-refractivity contribution in [1.29, 1.82) is 0 Å². The number of ether oxygens (including phenoxy) is 1. The summed E-state index contributed by atoms with van der Waals surface area (Å²) in [6, 6.07) is 7.34. The molecule has 0 amide bonds. The topological polar surface area (TPSA) is 21.3 Å². The Kier molecular flexibility index (Phi) is 5.09. The lowest BCUT2D eigenvalue weighted by Crippen LogP contribution is -2.18. The van der Waals surface area contributed by atoms with Gasteiger partial charge in [-0.1, -0.05) is 38.5 Å².